The number of likely N-dealkylation sites (tertiary alicyclic amines) is 2. The zero-order chi connectivity index (χ0) is 19.2. The Hall–Kier alpha value is -2.44. The first kappa shape index (κ1) is 19.3. The van der Waals surface area contributed by atoms with Gasteiger partial charge in [-0.25, -0.2) is 4.79 Å². The maximum Gasteiger partial charge on any atom is 0.337 e. The van der Waals surface area contributed by atoms with Crippen LogP contribution in [0.4, 0.5) is 0 Å². The molecule has 1 aromatic heterocycles. The number of rotatable bonds is 6. The fourth-order valence-corrected chi connectivity index (χ4v) is 3.94. The number of amides is 2. The van der Waals surface area contributed by atoms with Crippen molar-refractivity contribution in [3.05, 3.63) is 29.6 Å². The molecule has 0 radical (unpaired) electrons. The Kier molecular flexibility index (Phi) is 6.42. The van der Waals surface area contributed by atoms with Crippen molar-refractivity contribution in [1.82, 2.24) is 14.8 Å². The van der Waals surface area contributed by atoms with Gasteiger partial charge in [0.05, 0.1) is 5.56 Å². The number of hydrogen-bond donors (Lipinski definition) is 1. The average molecular weight is 373 g/mol. The van der Waals surface area contributed by atoms with Gasteiger partial charge in [-0.15, -0.1) is 0 Å². The van der Waals surface area contributed by atoms with E-state index in [1.807, 2.05) is 9.80 Å². The molecule has 27 heavy (non-hydrogen) atoms. The van der Waals surface area contributed by atoms with E-state index in [2.05, 4.69) is 4.98 Å². The molecule has 1 unspecified atom stereocenters. The Morgan fingerprint density at radius 2 is 2.04 bits per heavy atom. The minimum absolute atomic E-state index is 0.104. The lowest BCUT2D eigenvalue weighted by Crippen LogP contribution is -2.36. The van der Waals surface area contributed by atoms with Crippen molar-refractivity contribution in [3.8, 4) is 0 Å². The number of aromatic carboxylic acids is 1. The van der Waals surface area contributed by atoms with Gasteiger partial charge >= 0.3 is 5.97 Å². The Morgan fingerprint density at radius 3 is 2.85 bits per heavy atom. The number of carbonyl (C=O) groups excluding carboxylic acids is 2. The number of nitrogens with zero attached hydrogens (tertiary/aromatic N) is 3. The number of carbonyl (C=O) groups is 3. The zero-order valence-corrected chi connectivity index (χ0v) is 15.6. The number of pyridine rings is 1. The molecule has 146 valence electrons. The van der Waals surface area contributed by atoms with Crippen LogP contribution >= 0.6 is 0 Å². The number of hydrogen-bond acceptors (Lipinski definition) is 4. The van der Waals surface area contributed by atoms with Gasteiger partial charge in [-0.1, -0.05) is 6.42 Å². The molecule has 2 aliphatic heterocycles. The van der Waals surface area contributed by atoms with E-state index in [1.165, 1.54) is 6.20 Å². The van der Waals surface area contributed by atoms with Gasteiger partial charge in [0.15, 0.2) is 0 Å². The lowest BCUT2D eigenvalue weighted by atomic mass is 9.99. The second kappa shape index (κ2) is 8.97. The summed E-state index contributed by atoms with van der Waals surface area (Å²) in [5, 5.41) is 9.07. The van der Waals surface area contributed by atoms with Gasteiger partial charge in [-0.05, 0) is 43.2 Å². The first-order valence-electron chi connectivity index (χ1n) is 9.75. The van der Waals surface area contributed by atoms with Crippen molar-refractivity contribution in [2.45, 2.75) is 44.9 Å². The largest absolute Gasteiger partial charge is 0.478 e. The molecule has 2 fully saturated rings. The molecule has 0 bridgehead atoms. The molecule has 1 N–H and O–H groups in total. The SMILES string of the molecule is O=C(O)c1cncc(CC2CCN(C(=O)CCN3CCCCCC3=O)C2)c1. The molecule has 0 aromatic carbocycles. The topological polar surface area (TPSA) is 90.8 Å². The number of aromatic nitrogens is 1. The predicted molar refractivity (Wildman–Crippen MR) is 99.3 cm³/mol. The van der Waals surface area contributed by atoms with Crippen LogP contribution in [0.15, 0.2) is 18.5 Å². The summed E-state index contributed by atoms with van der Waals surface area (Å²) in [6.07, 6.45) is 8.72. The Bertz CT molecular complexity index is 706. The van der Waals surface area contributed by atoms with Crippen LogP contribution in [0, 0.1) is 5.92 Å². The van der Waals surface area contributed by atoms with Crippen LogP contribution in [0.2, 0.25) is 0 Å². The maximum atomic E-state index is 12.5. The first-order chi connectivity index (χ1) is 13.0. The van der Waals surface area contributed by atoms with Gasteiger partial charge in [0.1, 0.15) is 0 Å². The molecule has 3 heterocycles. The third-order valence-electron chi connectivity index (χ3n) is 5.47. The van der Waals surface area contributed by atoms with E-state index < -0.39 is 5.97 Å². The Balaban J connectivity index is 1.47. The lowest BCUT2D eigenvalue weighted by Gasteiger charge is -2.22. The molecule has 1 aromatic rings. The Labute approximate surface area is 159 Å². The van der Waals surface area contributed by atoms with Crippen LogP contribution < -0.4 is 0 Å². The molecule has 0 saturated carbocycles. The summed E-state index contributed by atoms with van der Waals surface area (Å²) >= 11 is 0. The number of carboxylic acids is 1. The summed E-state index contributed by atoms with van der Waals surface area (Å²) < 4.78 is 0. The second-order valence-electron chi connectivity index (χ2n) is 7.53. The molecule has 2 amide bonds. The first-order valence-corrected chi connectivity index (χ1v) is 9.75. The van der Waals surface area contributed by atoms with Crippen LogP contribution in [0.5, 0.6) is 0 Å². The van der Waals surface area contributed by atoms with E-state index >= 15 is 0 Å². The quantitative estimate of drug-likeness (QED) is 0.823. The minimum atomic E-state index is -0.976. The maximum absolute atomic E-state index is 12.5. The third-order valence-corrected chi connectivity index (χ3v) is 5.47. The third kappa shape index (κ3) is 5.28. The average Bonchev–Trinajstić information content (AvgIpc) is 3.02. The van der Waals surface area contributed by atoms with Gasteiger partial charge in [0, 0.05) is 51.4 Å². The highest BCUT2D eigenvalue weighted by molar-refractivity contribution is 5.87. The van der Waals surface area contributed by atoms with E-state index in [9.17, 15) is 14.4 Å². The van der Waals surface area contributed by atoms with Gasteiger partial charge < -0.3 is 14.9 Å². The van der Waals surface area contributed by atoms with E-state index in [-0.39, 0.29) is 17.4 Å². The minimum Gasteiger partial charge on any atom is -0.478 e. The molecule has 7 heteroatoms. The van der Waals surface area contributed by atoms with E-state index in [0.29, 0.717) is 31.8 Å². The predicted octanol–water partition coefficient (Wildman–Crippen LogP) is 1.96. The van der Waals surface area contributed by atoms with E-state index in [4.69, 9.17) is 5.11 Å². The number of carboxylic acid groups (broad SMARTS) is 1. The van der Waals surface area contributed by atoms with Gasteiger partial charge in [0.2, 0.25) is 11.8 Å². The Morgan fingerprint density at radius 1 is 1.19 bits per heavy atom. The van der Waals surface area contributed by atoms with Gasteiger partial charge in [-0.2, -0.15) is 0 Å². The van der Waals surface area contributed by atoms with Gasteiger partial charge in [0.25, 0.3) is 0 Å². The highest BCUT2D eigenvalue weighted by atomic mass is 16.4. The van der Waals surface area contributed by atoms with Gasteiger partial charge in [-0.3, -0.25) is 14.6 Å². The zero-order valence-electron chi connectivity index (χ0n) is 15.6. The van der Waals surface area contributed by atoms with Crippen LogP contribution in [0.1, 0.15) is 54.4 Å². The summed E-state index contributed by atoms with van der Waals surface area (Å²) in [7, 11) is 0. The van der Waals surface area contributed by atoms with Crippen molar-refractivity contribution in [2.75, 3.05) is 26.2 Å². The summed E-state index contributed by atoms with van der Waals surface area (Å²) in [6, 6.07) is 1.66. The molecule has 0 spiro atoms. The fraction of sp³-hybridized carbons (Fsp3) is 0.600. The van der Waals surface area contributed by atoms with Crippen LogP contribution in [0.25, 0.3) is 0 Å². The summed E-state index contributed by atoms with van der Waals surface area (Å²) in [4.78, 5) is 43.3. The van der Waals surface area contributed by atoms with Crippen LogP contribution in [-0.2, 0) is 16.0 Å². The van der Waals surface area contributed by atoms with E-state index in [0.717, 1.165) is 50.8 Å². The summed E-state index contributed by atoms with van der Waals surface area (Å²) in [6.45, 7) is 2.69. The molecule has 0 aliphatic carbocycles. The summed E-state index contributed by atoms with van der Waals surface area (Å²) in [5.41, 5.74) is 1.09. The van der Waals surface area contributed by atoms with Crippen molar-refractivity contribution in [3.63, 3.8) is 0 Å². The molecular formula is C20H27N3O4. The highest BCUT2D eigenvalue weighted by Crippen LogP contribution is 2.22. The standard InChI is InChI=1S/C20H27N3O4/c24-18-4-2-1-3-7-22(18)9-6-19(25)23-8-5-15(14-23)10-16-11-17(20(26)27)13-21-12-16/h11-13,15H,1-10,14H2,(H,26,27). The van der Waals surface area contributed by atoms with E-state index in [1.54, 1.807) is 12.3 Å². The molecular weight excluding hydrogens is 346 g/mol. The van der Waals surface area contributed by atoms with Crippen molar-refractivity contribution >= 4 is 17.8 Å². The molecule has 1 atom stereocenters. The monoisotopic (exact) mass is 373 g/mol. The highest BCUT2D eigenvalue weighted by Gasteiger charge is 2.27. The van der Waals surface area contributed by atoms with Crippen LogP contribution in [0.3, 0.4) is 0 Å². The van der Waals surface area contributed by atoms with Crippen molar-refractivity contribution in [2.24, 2.45) is 5.92 Å². The molecule has 2 aliphatic rings. The molecule has 3 rings (SSSR count). The second-order valence-corrected chi connectivity index (χ2v) is 7.53. The normalized spacial score (nSPS) is 20.6. The fourth-order valence-electron chi connectivity index (χ4n) is 3.94. The molecule has 7 nitrogen and oxygen atoms in total. The lowest BCUT2D eigenvalue weighted by molar-refractivity contribution is -0.133. The van der Waals surface area contributed by atoms with Crippen molar-refractivity contribution < 1.29 is 19.5 Å². The molecule has 2 saturated heterocycles. The van der Waals surface area contributed by atoms with Crippen molar-refractivity contribution in [1.29, 1.82) is 0 Å². The summed E-state index contributed by atoms with van der Waals surface area (Å²) in [5.74, 6) is -0.382. The van der Waals surface area contributed by atoms with Crippen LogP contribution in [-0.4, -0.2) is 63.9 Å². The smallest absolute Gasteiger partial charge is 0.337 e.